The van der Waals surface area contributed by atoms with E-state index in [1.165, 1.54) is 36.0 Å². The van der Waals surface area contributed by atoms with Gasteiger partial charge in [0.25, 0.3) is 0 Å². The Labute approximate surface area is 146 Å². The molecule has 1 aromatic rings. The van der Waals surface area contributed by atoms with Gasteiger partial charge in [-0.05, 0) is 49.7 Å². The number of allylic oxidation sites excluding steroid dienone is 7. The summed E-state index contributed by atoms with van der Waals surface area (Å²) in [5.41, 5.74) is 6.35. The van der Waals surface area contributed by atoms with Crippen LogP contribution in [0.5, 0.6) is 0 Å². The Bertz CT molecular complexity index is 694. The fourth-order valence-corrected chi connectivity index (χ4v) is 3.28. The highest BCUT2D eigenvalue weighted by atomic mass is 16.1. The summed E-state index contributed by atoms with van der Waals surface area (Å²) in [6, 6.07) is 7.59. The molecule has 0 saturated carbocycles. The van der Waals surface area contributed by atoms with Gasteiger partial charge in [-0.3, -0.25) is 4.79 Å². The summed E-state index contributed by atoms with van der Waals surface area (Å²) in [6.45, 7) is 9.08. The van der Waals surface area contributed by atoms with Gasteiger partial charge in [-0.25, -0.2) is 0 Å². The number of rotatable bonds is 5. The van der Waals surface area contributed by atoms with Crippen molar-refractivity contribution in [3.05, 3.63) is 76.4 Å². The highest BCUT2D eigenvalue weighted by Crippen LogP contribution is 2.40. The lowest BCUT2D eigenvalue weighted by Gasteiger charge is -2.32. The third-order valence-electron chi connectivity index (χ3n) is 4.78. The molecule has 0 atom stereocenters. The first-order chi connectivity index (χ1) is 11.4. The number of carbonyl (C=O) groups excluding carboxylic acids is 1. The molecule has 0 heterocycles. The molecule has 1 aromatic carbocycles. The maximum absolute atomic E-state index is 10.7. The first-order valence-electron chi connectivity index (χ1n) is 8.71. The first-order valence-corrected chi connectivity index (χ1v) is 8.71. The molecule has 1 nitrogen and oxygen atoms in total. The molecule has 0 N–H and O–H groups in total. The highest BCUT2D eigenvalue weighted by Gasteiger charge is 2.26. The Kier molecular flexibility index (Phi) is 6.14. The largest absolute Gasteiger partial charge is 0.298 e. The zero-order valence-corrected chi connectivity index (χ0v) is 15.3. The van der Waals surface area contributed by atoms with Gasteiger partial charge in [-0.2, -0.15) is 0 Å². The average Bonchev–Trinajstić information content (AvgIpc) is 2.54. The smallest absolute Gasteiger partial charge is 0.150 e. The number of benzene rings is 1. The molecule has 0 spiro atoms. The molecule has 0 aliphatic heterocycles. The Hall–Kier alpha value is -2.15. The van der Waals surface area contributed by atoms with Crippen LogP contribution >= 0.6 is 0 Å². The van der Waals surface area contributed by atoms with Crippen LogP contribution in [0.2, 0.25) is 0 Å². The highest BCUT2D eigenvalue weighted by molar-refractivity contribution is 5.75. The van der Waals surface area contributed by atoms with E-state index in [4.69, 9.17) is 0 Å². The minimum atomic E-state index is 0.287. The van der Waals surface area contributed by atoms with Crippen molar-refractivity contribution in [3.8, 4) is 0 Å². The molecule has 0 unspecified atom stereocenters. The molecular formula is C23H28O. The molecule has 0 amide bonds. The third kappa shape index (κ3) is 4.92. The summed E-state index contributed by atoms with van der Waals surface area (Å²) in [5, 5.41) is 0. The molecule has 0 radical (unpaired) electrons. The second-order valence-corrected chi connectivity index (χ2v) is 7.32. The van der Waals surface area contributed by atoms with Crippen molar-refractivity contribution in [1.29, 1.82) is 0 Å². The monoisotopic (exact) mass is 320 g/mol. The Balaban J connectivity index is 2.05. The van der Waals surface area contributed by atoms with Gasteiger partial charge in [0.15, 0.2) is 0 Å². The maximum atomic E-state index is 10.7. The van der Waals surface area contributed by atoms with Gasteiger partial charge in [-0.15, -0.1) is 0 Å². The van der Waals surface area contributed by atoms with E-state index in [9.17, 15) is 4.79 Å². The summed E-state index contributed by atoms with van der Waals surface area (Å²) < 4.78 is 0. The Morgan fingerprint density at radius 2 is 1.75 bits per heavy atom. The van der Waals surface area contributed by atoms with Gasteiger partial charge in [0, 0.05) is 5.56 Å². The lowest BCUT2D eigenvalue weighted by atomic mass is 9.72. The van der Waals surface area contributed by atoms with Crippen LogP contribution in [0.4, 0.5) is 0 Å². The van der Waals surface area contributed by atoms with E-state index in [0.717, 1.165) is 11.8 Å². The van der Waals surface area contributed by atoms with E-state index in [-0.39, 0.29) is 5.41 Å². The van der Waals surface area contributed by atoms with E-state index in [2.05, 4.69) is 58.1 Å². The van der Waals surface area contributed by atoms with Gasteiger partial charge >= 0.3 is 0 Å². The minimum Gasteiger partial charge on any atom is -0.298 e. The van der Waals surface area contributed by atoms with Crippen molar-refractivity contribution >= 4 is 12.4 Å². The molecule has 0 fully saturated rings. The van der Waals surface area contributed by atoms with Crippen molar-refractivity contribution in [1.82, 2.24) is 0 Å². The molecule has 0 saturated heterocycles. The van der Waals surface area contributed by atoms with Gasteiger partial charge in [0.2, 0.25) is 0 Å². The van der Waals surface area contributed by atoms with Crippen molar-refractivity contribution in [2.45, 2.75) is 47.0 Å². The second kappa shape index (κ2) is 8.10. The molecule has 1 aliphatic rings. The SMILES string of the molecule is CC(C=CC1=C(C)CCCC1(C)C)=CC=Cc1ccc(C=O)cc1. The van der Waals surface area contributed by atoms with Crippen LogP contribution in [-0.4, -0.2) is 6.29 Å². The van der Waals surface area contributed by atoms with Crippen molar-refractivity contribution in [2.24, 2.45) is 5.41 Å². The third-order valence-corrected chi connectivity index (χ3v) is 4.78. The summed E-state index contributed by atoms with van der Waals surface area (Å²) in [7, 11) is 0. The van der Waals surface area contributed by atoms with Crippen LogP contribution in [-0.2, 0) is 0 Å². The first kappa shape index (κ1) is 18.2. The summed E-state index contributed by atoms with van der Waals surface area (Å²) >= 11 is 0. The van der Waals surface area contributed by atoms with Gasteiger partial charge in [0.1, 0.15) is 6.29 Å². The van der Waals surface area contributed by atoms with E-state index >= 15 is 0 Å². The van der Waals surface area contributed by atoms with Gasteiger partial charge in [0.05, 0.1) is 0 Å². The molecule has 24 heavy (non-hydrogen) atoms. The zero-order chi connectivity index (χ0) is 17.6. The summed E-state index contributed by atoms with van der Waals surface area (Å²) in [4.78, 5) is 10.7. The van der Waals surface area contributed by atoms with E-state index in [1.54, 1.807) is 0 Å². The van der Waals surface area contributed by atoms with Crippen LogP contribution in [0.1, 0.15) is 62.9 Å². The van der Waals surface area contributed by atoms with Crippen LogP contribution in [0, 0.1) is 5.41 Å². The minimum absolute atomic E-state index is 0.287. The molecule has 0 bridgehead atoms. The quantitative estimate of drug-likeness (QED) is 0.444. The van der Waals surface area contributed by atoms with Crippen LogP contribution in [0.15, 0.2) is 65.3 Å². The standard InChI is InChI=1S/C23H28O/c1-18(7-5-9-20-11-13-21(17-24)14-12-20)10-15-22-19(2)8-6-16-23(22,3)4/h5,7,9-15,17H,6,8,16H2,1-4H3. The zero-order valence-electron chi connectivity index (χ0n) is 15.3. The van der Waals surface area contributed by atoms with Gasteiger partial charge < -0.3 is 0 Å². The van der Waals surface area contributed by atoms with Crippen LogP contribution in [0.3, 0.4) is 0 Å². The predicted molar refractivity (Wildman–Crippen MR) is 104 cm³/mol. The molecule has 2 rings (SSSR count). The number of hydrogen-bond donors (Lipinski definition) is 0. The van der Waals surface area contributed by atoms with Crippen molar-refractivity contribution in [3.63, 3.8) is 0 Å². The normalized spacial score (nSPS) is 18.6. The van der Waals surface area contributed by atoms with Crippen molar-refractivity contribution < 1.29 is 4.79 Å². The molecule has 0 aromatic heterocycles. The average molecular weight is 320 g/mol. The van der Waals surface area contributed by atoms with Gasteiger partial charge in [-0.1, -0.05) is 79.6 Å². The van der Waals surface area contributed by atoms with Crippen LogP contribution < -0.4 is 0 Å². The fourth-order valence-electron chi connectivity index (χ4n) is 3.28. The predicted octanol–water partition coefficient (Wildman–Crippen LogP) is 6.54. The number of aldehydes is 1. The number of hydrogen-bond acceptors (Lipinski definition) is 1. The number of carbonyl (C=O) groups is 1. The fraction of sp³-hybridized carbons (Fsp3) is 0.348. The molecule has 126 valence electrons. The van der Waals surface area contributed by atoms with Crippen molar-refractivity contribution in [2.75, 3.05) is 0 Å². The summed E-state index contributed by atoms with van der Waals surface area (Å²) in [6.07, 6.45) is 15.4. The van der Waals surface area contributed by atoms with E-state index in [0.29, 0.717) is 5.56 Å². The van der Waals surface area contributed by atoms with E-state index < -0.39 is 0 Å². The Morgan fingerprint density at radius 1 is 1.08 bits per heavy atom. The maximum Gasteiger partial charge on any atom is 0.150 e. The summed E-state index contributed by atoms with van der Waals surface area (Å²) in [5.74, 6) is 0. The second-order valence-electron chi connectivity index (χ2n) is 7.32. The Morgan fingerprint density at radius 3 is 2.38 bits per heavy atom. The lowest BCUT2D eigenvalue weighted by Crippen LogP contribution is -2.19. The lowest BCUT2D eigenvalue weighted by molar-refractivity contribution is 0.112. The topological polar surface area (TPSA) is 17.1 Å². The molecular weight excluding hydrogens is 292 g/mol. The van der Waals surface area contributed by atoms with E-state index in [1.807, 2.05) is 24.3 Å². The molecule has 1 aliphatic carbocycles. The van der Waals surface area contributed by atoms with Crippen LogP contribution in [0.25, 0.3) is 6.08 Å². The molecule has 1 heteroatoms.